The number of benzene rings is 1. The normalized spacial score (nSPS) is 13.9. The minimum atomic E-state index is -1.73. The fourth-order valence-electron chi connectivity index (χ4n) is 1.98. The topological polar surface area (TPSA) is 18.5 Å². The molecule has 0 saturated carbocycles. The molecule has 1 aromatic carbocycles. The summed E-state index contributed by atoms with van der Waals surface area (Å²) in [5.41, 5.74) is 1.22. The summed E-state index contributed by atoms with van der Waals surface area (Å²) in [4.78, 5) is 0. The van der Waals surface area contributed by atoms with Crippen LogP contribution in [0.4, 0.5) is 0 Å². The van der Waals surface area contributed by atoms with Gasteiger partial charge in [-0.1, -0.05) is 57.2 Å². The third-order valence-electron chi connectivity index (χ3n) is 4.39. The third kappa shape index (κ3) is 6.47. The summed E-state index contributed by atoms with van der Waals surface area (Å²) in [6, 6.07) is 10.3. The van der Waals surface area contributed by atoms with Crippen LogP contribution in [0.1, 0.15) is 39.2 Å². The molecule has 0 fully saturated rings. The zero-order chi connectivity index (χ0) is 16.6. The lowest BCUT2D eigenvalue weighted by Gasteiger charge is -2.39. The summed E-state index contributed by atoms with van der Waals surface area (Å²) < 4.78 is 12.3. The van der Waals surface area contributed by atoms with E-state index in [0.717, 1.165) is 19.4 Å². The zero-order valence-electron chi connectivity index (χ0n) is 14.9. The Labute approximate surface area is 137 Å². The molecule has 0 bridgehead atoms. The summed E-state index contributed by atoms with van der Waals surface area (Å²) in [5.74, 6) is 0. The van der Waals surface area contributed by atoms with Crippen molar-refractivity contribution in [3.63, 3.8) is 0 Å². The van der Waals surface area contributed by atoms with Crippen molar-refractivity contribution in [3.8, 4) is 0 Å². The molecule has 0 unspecified atom stereocenters. The van der Waals surface area contributed by atoms with Gasteiger partial charge in [0.25, 0.3) is 0 Å². The van der Waals surface area contributed by atoms with Gasteiger partial charge >= 0.3 is 0 Å². The number of hydrogen-bond acceptors (Lipinski definition) is 2. The van der Waals surface area contributed by atoms with Gasteiger partial charge in [-0.3, -0.25) is 0 Å². The Morgan fingerprint density at radius 3 is 2.36 bits per heavy atom. The molecule has 3 heteroatoms. The maximum Gasteiger partial charge on any atom is 0.192 e. The SMILES string of the molecule is C=CC[C@@H](CCOCc1ccccc1)O[Si](C)(C)C(C)(C)C. The summed E-state index contributed by atoms with van der Waals surface area (Å²) in [6.45, 7) is 16.7. The third-order valence-corrected chi connectivity index (χ3v) is 8.93. The highest BCUT2D eigenvalue weighted by Gasteiger charge is 2.38. The molecule has 0 N–H and O–H groups in total. The average molecular weight is 321 g/mol. The lowest BCUT2D eigenvalue weighted by atomic mass is 10.2. The minimum absolute atomic E-state index is 0.217. The second-order valence-corrected chi connectivity index (χ2v) is 12.1. The van der Waals surface area contributed by atoms with Crippen molar-refractivity contribution in [2.75, 3.05) is 6.61 Å². The summed E-state index contributed by atoms with van der Waals surface area (Å²) in [7, 11) is -1.73. The zero-order valence-corrected chi connectivity index (χ0v) is 15.9. The highest BCUT2D eigenvalue weighted by Crippen LogP contribution is 2.38. The molecule has 0 spiro atoms. The molecule has 0 aliphatic heterocycles. The fraction of sp³-hybridized carbons (Fsp3) is 0.579. The standard InChI is InChI=1S/C19H32O2Si/c1-7-11-18(21-22(5,6)19(2,3)4)14-15-20-16-17-12-9-8-10-13-17/h7-10,12-13,18H,1,11,14-16H2,2-6H3/t18-/m0/s1. The summed E-state index contributed by atoms with van der Waals surface area (Å²) >= 11 is 0. The Balaban J connectivity index is 2.42. The Bertz CT molecular complexity index is 434. The quantitative estimate of drug-likeness (QED) is 0.337. The number of hydrogen-bond donors (Lipinski definition) is 0. The van der Waals surface area contributed by atoms with Crippen molar-refractivity contribution in [1.82, 2.24) is 0 Å². The Kier molecular flexibility index (Phi) is 7.53. The monoisotopic (exact) mass is 320 g/mol. The lowest BCUT2D eigenvalue weighted by Crippen LogP contribution is -2.44. The molecule has 0 aromatic heterocycles. The van der Waals surface area contributed by atoms with Gasteiger partial charge in [0.1, 0.15) is 0 Å². The molecule has 2 nitrogen and oxygen atoms in total. The van der Waals surface area contributed by atoms with Crippen LogP contribution in [0.2, 0.25) is 18.1 Å². The van der Waals surface area contributed by atoms with E-state index in [1.165, 1.54) is 5.56 Å². The van der Waals surface area contributed by atoms with E-state index >= 15 is 0 Å². The number of rotatable bonds is 9. The highest BCUT2D eigenvalue weighted by molar-refractivity contribution is 6.74. The van der Waals surface area contributed by atoms with E-state index in [-0.39, 0.29) is 11.1 Å². The van der Waals surface area contributed by atoms with Gasteiger partial charge in [-0.05, 0) is 36.5 Å². The first-order chi connectivity index (χ1) is 10.3. The molecular weight excluding hydrogens is 288 g/mol. The molecular formula is C19H32O2Si. The second kappa shape index (κ2) is 8.66. The van der Waals surface area contributed by atoms with E-state index in [1.54, 1.807) is 0 Å². The van der Waals surface area contributed by atoms with E-state index in [1.807, 2.05) is 24.3 Å². The lowest BCUT2D eigenvalue weighted by molar-refractivity contribution is 0.0783. The predicted octanol–water partition coefficient (Wildman–Crippen LogP) is 5.56. The van der Waals surface area contributed by atoms with Gasteiger partial charge in [-0.2, -0.15) is 0 Å². The molecule has 0 radical (unpaired) electrons. The first kappa shape index (κ1) is 19.1. The highest BCUT2D eigenvalue weighted by atomic mass is 28.4. The average Bonchev–Trinajstić information content (AvgIpc) is 2.43. The van der Waals surface area contributed by atoms with Crippen LogP contribution in [0, 0.1) is 0 Å². The van der Waals surface area contributed by atoms with Gasteiger partial charge in [0.05, 0.1) is 12.7 Å². The van der Waals surface area contributed by atoms with Crippen LogP contribution in [0.5, 0.6) is 0 Å². The van der Waals surface area contributed by atoms with Crippen LogP contribution in [0.15, 0.2) is 43.0 Å². The summed E-state index contributed by atoms with van der Waals surface area (Å²) in [6.07, 6.45) is 3.98. The molecule has 0 amide bonds. The van der Waals surface area contributed by atoms with Crippen LogP contribution >= 0.6 is 0 Å². The van der Waals surface area contributed by atoms with Crippen molar-refractivity contribution in [2.24, 2.45) is 0 Å². The number of ether oxygens (including phenoxy) is 1. The van der Waals surface area contributed by atoms with Crippen LogP contribution in [0.3, 0.4) is 0 Å². The predicted molar refractivity (Wildman–Crippen MR) is 97.6 cm³/mol. The Hall–Kier alpha value is -0.903. The first-order valence-electron chi connectivity index (χ1n) is 8.16. The van der Waals surface area contributed by atoms with Gasteiger partial charge in [0, 0.05) is 6.61 Å². The molecule has 124 valence electrons. The van der Waals surface area contributed by atoms with Crippen molar-refractivity contribution in [2.45, 2.75) is 64.5 Å². The van der Waals surface area contributed by atoms with Gasteiger partial charge < -0.3 is 9.16 Å². The van der Waals surface area contributed by atoms with Crippen LogP contribution < -0.4 is 0 Å². The van der Waals surface area contributed by atoms with E-state index < -0.39 is 8.32 Å². The van der Waals surface area contributed by atoms with Crippen LogP contribution in [-0.2, 0) is 15.8 Å². The van der Waals surface area contributed by atoms with Gasteiger partial charge in [0.15, 0.2) is 8.32 Å². The smallest absolute Gasteiger partial charge is 0.192 e. The fourth-order valence-corrected chi connectivity index (χ4v) is 3.38. The first-order valence-corrected chi connectivity index (χ1v) is 11.1. The van der Waals surface area contributed by atoms with Crippen molar-refractivity contribution >= 4 is 8.32 Å². The maximum atomic E-state index is 6.48. The van der Waals surface area contributed by atoms with Crippen LogP contribution in [-0.4, -0.2) is 21.0 Å². The maximum absolute atomic E-state index is 6.48. The van der Waals surface area contributed by atoms with Crippen molar-refractivity contribution in [3.05, 3.63) is 48.6 Å². The molecule has 0 heterocycles. The van der Waals surface area contributed by atoms with E-state index in [4.69, 9.17) is 9.16 Å². The molecule has 22 heavy (non-hydrogen) atoms. The van der Waals surface area contributed by atoms with Gasteiger partial charge in [-0.25, -0.2) is 0 Å². The Morgan fingerprint density at radius 2 is 1.82 bits per heavy atom. The second-order valence-electron chi connectivity index (χ2n) is 7.35. The van der Waals surface area contributed by atoms with Gasteiger partial charge in [0.2, 0.25) is 0 Å². The molecule has 0 saturated heterocycles. The van der Waals surface area contributed by atoms with Gasteiger partial charge in [-0.15, -0.1) is 6.58 Å². The largest absolute Gasteiger partial charge is 0.414 e. The van der Waals surface area contributed by atoms with E-state index in [2.05, 4.69) is 52.6 Å². The molecule has 1 rings (SSSR count). The Morgan fingerprint density at radius 1 is 1.18 bits per heavy atom. The molecule has 1 atom stereocenters. The van der Waals surface area contributed by atoms with Crippen molar-refractivity contribution < 1.29 is 9.16 Å². The molecule has 1 aromatic rings. The van der Waals surface area contributed by atoms with E-state index in [0.29, 0.717) is 6.61 Å². The minimum Gasteiger partial charge on any atom is -0.414 e. The molecule has 0 aliphatic carbocycles. The van der Waals surface area contributed by atoms with Crippen LogP contribution in [0.25, 0.3) is 0 Å². The summed E-state index contributed by atoms with van der Waals surface area (Å²) in [5, 5.41) is 0.233. The van der Waals surface area contributed by atoms with Crippen molar-refractivity contribution in [1.29, 1.82) is 0 Å². The molecule has 0 aliphatic rings. The van der Waals surface area contributed by atoms with E-state index in [9.17, 15) is 0 Å².